The van der Waals surface area contributed by atoms with E-state index in [0.29, 0.717) is 17.1 Å². The molecular weight excluding hydrogens is 278 g/mol. The third kappa shape index (κ3) is 1.74. The molecule has 2 heterocycles. The van der Waals surface area contributed by atoms with Gasteiger partial charge >= 0.3 is 5.69 Å². The van der Waals surface area contributed by atoms with Crippen molar-refractivity contribution in [3.8, 4) is 5.88 Å². The van der Waals surface area contributed by atoms with E-state index in [2.05, 4.69) is 4.98 Å². The molecule has 0 fully saturated rings. The fourth-order valence-corrected chi connectivity index (χ4v) is 2.70. The molecule has 0 saturated heterocycles. The van der Waals surface area contributed by atoms with Crippen molar-refractivity contribution in [1.29, 1.82) is 0 Å². The predicted octanol–water partition coefficient (Wildman–Crippen LogP) is 2.15. The van der Waals surface area contributed by atoms with E-state index >= 15 is 0 Å². The van der Waals surface area contributed by atoms with E-state index in [1.54, 1.807) is 14.1 Å². The molecule has 0 aliphatic carbocycles. The summed E-state index contributed by atoms with van der Waals surface area (Å²) in [6, 6.07) is 5.66. The molecule has 20 heavy (non-hydrogen) atoms. The number of aromatic amines is 1. The molecule has 104 valence electrons. The van der Waals surface area contributed by atoms with E-state index in [9.17, 15) is 9.90 Å². The number of aromatic nitrogens is 3. The third-order valence-corrected chi connectivity index (χ3v) is 3.98. The highest BCUT2D eigenvalue weighted by Gasteiger charge is 2.16. The van der Waals surface area contributed by atoms with Crippen LogP contribution in [0.15, 0.2) is 29.2 Å². The van der Waals surface area contributed by atoms with Crippen molar-refractivity contribution in [2.24, 2.45) is 14.1 Å². The summed E-state index contributed by atoms with van der Waals surface area (Å²) in [5.41, 5.74) is 2.19. The molecule has 0 amide bonds. The Morgan fingerprint density at radius 3 is 2.70 bits per heavy atom. The number of fused-ring (bicyclic) bond motifs is 1. The zero-order valence-electron chi connectivity index (χ0n) is 11.1. The second-order valence-electron chi connectivity index (χ2n) is 4.82. The summed E-state index contributed by atoms with van der Waals surface area (Å²) in [6.07, 6.45) is 2.31. The van der Waals surface area contributed by atoms with Gasteiger partial charge < -0.3 is 10.1 Å². The van der Waals surface area contributed by atoms with Crippen LogP contribution in [0.3, 0.4) is 0 Å². The van der Waals surface area contributed by atoms with Crippen molar-refractivity contribution < 1.29 is 5.11 Å². The minimum Gasteiger partial charge on any atom is -0.493 e. The smallest absolute Gasteiger partial charge is 0.330 e. The summed E-state index contributed by atoms with van der Waals surface area (Å²) in [6.45, 7) is 0. The van der Waals surface area contributed by atoms with Crippen LogP contribution in [-0.4, -0.2) is 19.2 Å². The number of nitrogens with zero attached hydrogens (tertiary/aromatic N) is 2. The van der Waals surface area contributed by atoms with Gasteiger partial charge in [0.1, 0.15) is 0 Å². The van der Waals surface area contributed by atoms with Gasteiger partial charge in [0.05, 0.1) is 16.2 Å². The molecule has 0 saturated carbocycles. The Morgan fingerprint density at radius 1 is 1.30 bits per heavy atom. The van der Waals surface area contributed by atoms with E-state index in [4.69, 9.17) is 11.6 Å². The number of H-pyrrole nitrogens is 1. The monoisotopic (exact) mass is 291 g/mol. The summed E-state index contributed by atoms with van der Waals surface area (Å²) in [7, 11) is 3.20. The molecule has 0 unspecified atom stereocenters. The molecule has 0 spiro atoms. The SMILES string of the molecule is Cn1c(O)c(Cc2c[nH]c3c(Cl)cccc23)n(C)c1=O. The number of para-hydroxylation sites is 1. The summed E-state index contributed by atoms with van der Waals surface area (Å²) in [5.74, 6) is -0.00567. The lowest BCUT2D eigenvalue weighted by Crippen LogP contribution is -2.20. The van der Waals surface area contributed by atoms with E-state index in [0.717, 1.165) is 16.5 Å². The summed E-state index contributed by atoms with van der Waals surface area (Å²) < 4.78 is 2.69. The quantitative estimate of drug-likeness (QED) is 0.760. The fraction of sp³-hybridized carbons (Fsp3) is 0.214. The standard InChI is InChI=1S/C14H14ClN3O2/c1-17-11(13(19)18(2)14(17)20)6-8-7-16-12-9(8)4-3-5-10(12)15/h3-5,7,16,19H,6H2,1-2H3. The van der Waals surface area contributed by atoms with Gasteiger partial charge in [0.25, 0.3) is 0 Å². The summed E-state index contributed by atoms with van der Waals surface area (Å²) >= 11 is 6.13. The van der Waals surface area contributed by atoms with Crippen LogP contribution in [0, 0.1) is 0 Å². The molecule has 5 nitrogen and oxygen atoms in total. The number of rotatable bonds is 2. The molecule has 0 aliphatic heterocycles. The average Bonchev–Trinajstić information content (AvgIpc) is 2.92. The second kappa shape index (κ2) is 4.45. The van der Waals surface area contributed by atoms with Crippen molar-refractivity contribution in [2.45, 2.75) is 6.42 Å². The van der Waals surface area contributed by atoms with Gasteiger partial charge in [-0.3, -0.25) is 9.13 Å². The van der Waals surface area contributed by atoms with Gasteiger partial charge in [0.2, 0.25) is 5.88 Å². The van der Waals surface area contributed by atoms with E-state index in [1.807, 2.05) is 24.4 Å². The lowest BCUT2D eigenvalue weighted by atomic mass is 10.1. The van der Waals surface area contributed by atoms with Crippen LogP contribution in [0.4, 0.5) is 0 Å². The number of hydrogen-bond donors (Lipinski definition) is 2. The van der Waals surface area contributed by atoms with Crippen LogP contribution >= 0.6 is 11.6 Å². The minimum absolute atomic E-state index is 0.00567. The number of halogens is 1. The van der Waals surface area contributed by atoms with E-state index in [-0.39, 0.29) is 11.6 Å². The second-order valence-corrected chi connectivity index (χ2v) is 5.23. The molecule has 0 radical (unpaired) electrons. The molecule has 0 bridgehead atoms. The number of nitrogens with one attached hydrogen (secondary N) is 1. The van der Waals surface area contributed by atoms with Crippen LogP contribution in [0.5, 0.6) is 5.88 Å². The van der Waals surface area contributed by atoms with E-state index < -0.39 is 0 Å². The highest BCUT2D eigenvalue weighted by molar-refractivity contribution is 6.35. The van der Waals surface area contributed by atoms with Crippen LogP contribution in [0.1, 0.15) is 11.3 Å². The molecule has 0 aliphatic rings. The lowest BCUT2D eigenvalue weighted by molar-refractivity contribution is 0.424. The van der Waals surface area contributed by atoms with Crippen molar-refractivity contribution in [3.05, 3.63) is 51.2 Å². The third-order valence-electron chi connectivity index (χ3n) is 3.66. The zero-order valence-corrected chi connectivity index (χ0v) is 11.9. The van der Waals surface area contributed by atoms with Crippen LogP contribution in [-0.2, 0) is 20.5 Å². The Labute approximate surface area is 120 Å². The van der Waals surface area contributed by atoms with Crippen molar-refractivity contribution in [2.75, 3.05) is 0 Å². The maximum atomic E-state index is 11.8. The molecule has 0 atom stereocenters. The normalized spacial score (nSPS) is 11.3. The van der Waals surface area contributed by atoms with E-state index in [1.165, 1.54) is 9.13 Å². The maximum Gasteiger partial charge on any atom is 0.330 e. The number of benzene rings is 1. The van der Waals surface area contributed by atoms with Gasteiger partial charge in [-0.25, -0.2) is 4.79 Å². The van der Waals surface area contributed by atoms with Gasteiger partial charge in [-0.15, -0.1) is 0 Å². The Balaban J connectivity index is 2.13. The first-order valence-corrected chi connectivity index (χ1v) is 6.56. The fourth-order valence-electron chi connectivity index (χ4n) is 2.47. The van der Waals surface area contributed by atoms with Gasteiger partial charge in [0.15, 0.2) is 0 Å². The summed E-state index contributed by atoms with van der Waals surface area (Å²) in [5, 5.41) is 11.7. The van der Waals surface area contributed by atoms with Crippen molar-refractivity contribution >= 4 is 22.5 Å². The van der Waals surface area contributed by atoms with Gasteiger partial charge in [-0.2, -0.15) is 0 Å². The Kier molecular flexibility index (Phi) is 2.87. The van der Waals surface area contributed by atoms with Crippen LogP contribution < -0.4 is 5.69 Å². The first-order chi connectivity index (χ1) is 9.50. The highest BCUT2D eigenvalue weighted by Crippen LogP contribution is 2.28. The van der Waals surface area contributed by atoms with Gasteiger partial charge in [-0.1, -0.05) is 23.7 Å². The number of aromatic hydroxyl groups is 1. The van der Waals surface area contributed by atoms with Crippen LogP contribution in [0.25, 0.3) is 10.9 Å². The average molecular weight is 292 g/mol. The molecular formula is C14H14ClN3O2. The Morgan fingerprint density at radius 2 is 2.05 bits per heavy atom. The lowest BCUT2D eigenvalue weighted by Gasteiger charge is -2.02. The zero-order chi connectivity index (χ0) is 14.4. The molecule has 3 rings (SSSR count). The van der Waals surface area contributed by atoms with Gasteiger partial charge in [0, 0.05) is 32.1 Å². The highest BCUT2D eigenvalue weighted by atomic mass is 35.5. The summed E-state index contributed by atoms with van der Waals surface area (Å²) in [4.78, 5) is 14.9. The Hall–Kier alpha value is -2.14. The molecule has 3 aromatic rings. The molecule has 2 aromatic heterocycles. The topological polar surface area (TPSA) is 63.0 Å². The maximum absolute atomic E-state index is 11.8. The first-order valence-electron chi connectivity index (χ1n) is 6.18. The predicted molar refractivity (Wildman–Crippen MR) is 78.4 cm³/mol. The van der Waals surface area contributed by atoms with Crippen LogP contribution in [0.2, 0.25) is 5.02 Å². The number of imidazole rings is 1. The molecule has 1 aromatic carbocycles. The Bertz CT molecular complexity index is 857. The molecule has 2 N–H and O–H groups in total. The van der Waals surface area contributed by atoms with Crippen molar-refractivity contribution in [3.63, 3.8) is 0 Å². The minimum atomic E-state index is -0.240. The molecule has 6 heteroatoms. The first kappa shape index (κ1) is 12.9. The van der Waals surface area contributed by atoms with Crippen molar-refractivity contribution in [1.82, 2.24) is 14.1 Å². The largest absolute Gasteiger partial charge is 0.493 e. The van der Waals surface area contributed by atoms with Gasteiger partial charge in [-0.05, 0) is 11.6 Å². The number of hydrogen-bond acceptors (Lipinski definition) is 2.